The molecule has 0 aliphatic carbocycles. The summed E-state index contributed by atoms with van der Waals surface area (Å²) in [6, 6.07) is 13.4. The van der Waals surface area contributed by atoms with Crippen LogP contribution in [0.3, 0.4) is 0 Å². The van der Waals surface area contributed by atoms with Crippen LogP contribution < -0.4 is 10.2 Å². The minimum atomic E-state index is -1.16. The third-order valence-electron chi connectivity index (χ3n) is 5.97. The van der Waals surface area contributed by atoms with Crippen LogP contribution in [-0.4, -0.2) is 81.8 Å². The van der Waals surface area contributed by atoms with E-state index in [9.17, 15) is 14.7 Å². The van der Waals surface area contributed by atoms with Crippen LogP contribution in [-0.2, 0) is 9.53 Å². The van der Waals surface area contributed by atoms with Crippen LogP contribution in [0, 0.1) is 0 Å². The van der Waals surface area contributed by atoms with Crippen molar-refractivity contribution >= 4 is 82.3 Å². The van der Waals surface area contributed by atoms with Crippen LogP contribution in [0.2, 0.25) is 10.0 Å². The second-order valence-corrected chi connectivity index (χ2v) is 9.27. The fraction of sp³-hybridized carbons (Fsp3) is 0.259. The van der Waals surface area contributed by atoms with Gasteiger partial charge < -0.3 is 20.1 Å². The number of benzene rings is 2. The molecule has 3 aromatic rings. The molecule has 2 heterocycles. The number of carbonyl (C=O) groups excluding carboxylic acids is 1. The molecule has 0 bridgehead atoms. The molecule has 1 saturated heterocycles. The van der Waals surface area contributed by atoms with Crippen LogP contribution in [0.25, 0.3) is 6.08 Å². The average molecular weight is 565 g/mol. The van der Waals surface area contributed by atoms with Crippen molar-refractivity contribution in [1.82, 2.24) is 15.3 Å². The second kappa shape index (κ2) is 14.6. The van der Waals surface area contributed by atoms with E-state index >= 15 is 0 Å². The number of ether oxygens (including phenoxy) is 1. The van der Waals surface area contributed by atoms with Crippen molar-refractivity contribution in [3.05, 3.63) is 88.2 Å². The summed E-state index contributed by atoms with van der Waals surface area (Å²) in [5.41, 5.74) is 1.89. The van der Waals surface area contributed by atoms with Gasteiger partial charge in [-0.3, -0.25) is 4.79 Å². The monoisotopic (exact) mass is 564 g/mol. The number of nitrogens with one attached hydrogen (secondary N) is 1. The van der Waals surface area contributed by atoms with Gasteiger partial charge in [0, 0.05) is 37.3 Å². The third kappa shape index (κ3) is 7.79. The number of carbonyl (C=O) groups is 2. The zero-order chi connectivity index (χ0) is 26.2. The molecule has 2 N–H and O–H groups in total. The standard InChI is InChI=1S/C27H26Cl2N4O4.Na.H/c28-21-5-2-6-22(29)24(21)25(34)32-23(26(35)36)7-1-4-18-8-10-19(11-9-18)33(20-12-16-37-17-13-20)27-30-14-3-15-31-27;;/h1-6,8-11,14-15,20,23H,7,12-13,16-17H2,(H,32,34)(H,35,36);;/b4-1+;;. The zero-order valence-electron chi connectivity index (χ0n) is 19.9. The number of carboxylic acids is 1. The van der Waals surface area contributed by atoms with Gasteiger partial charge in [0.15, 0.2) is 0 Å². The van der Waals surface area contributed by atoms with Gasteiger partial charge >= 0.3 is 35.5 Å². The Morgan fingerprint density at radius 3 is 2.29 bits per heavy atom. The van der Waals surface area contributed by atoms with Crippen molar-refractivity contribution in [2.24, 2.45) is 0 Å². The summed E-state index contributed by atoms with van der Waals surface area (Å²) in [6.45, 7) is 1.39. The van der Waals surface area contributed by atoms with Gasteiger partial charge in [0.1, 0.15) is 6.04 Å². The number of nitrogens with zero attached hydrogens (tertiary/aromatic N) is 3. The van der Waals surface area contributed by atoms with Crippen molar-refractivity contribution in [2.75, 3.05) is 18.1 Å². The van der Waals surface area contributed by atoms with E-state index in [4.69, 9.17) is 27.9 Å². The predicted octanol–water partition coefficient (Wildman–Crippen LogP) is 4.74. The molecule has 1 aromatic heterocycles. The van der Waals surface area contributed by atoms with E-state index in [1.165, 1.54) is 12.1 Å². The molecule has 0 spiro atoms. The van der Waals surface area contributed by atoms with Crippen molar-refractivity contribution in [1.29, 1.82) is 0 Å². The van der Waals surface area contributed by atoms with Crippen LogP contribution in [0.15, 0.2) is 67.0 Å². The average Bonchev–Trinajstić information content (AvgIpc) is 2.90. The van der Waals surface area contributed by atoms with E-state index in [-0.39, 0.29) is 57.6 Å². The SMILES string of the molecule is O=C(NC(C/C=C/c1ccc(N(c2ncccn2)C2CCOCC2)cc1)C(=O)O)c1c(Cl)cccc1Cl.[NaH]. The van der Waals surface area contributed by atoms with Gasteiger partial charge in [0.25, 0.3) is 5.91 Å². The van der Waals surface area contributed by atoms with Gasteiger partial charge in [0.2, 0.25) is 5.95 Å². The number of rotatable bonds is 9. The van der Waals surface area contributed by atoms with E-state index in [0.29, 0.717) is 19.2 Å². The van der Waals surface area contributed by atoms with Gasteiger partial charge in [-0.05, 0) is 55.2 Å². The third-order valence-corrected chi connectivity index (χ3v) is 6.60. The van der Waals surface area contributed by atoms with Crippen molar-refractivity contribution < 1.29 is 19.4 Å². The van der Waals surface area contributed by atoms with Gasteiger partial charge in [-0.1, -0.05) is 53.6 Å². The summed E-state index contributed by atoms with van der Waals surface area (Å²) in [5, 5.41) is 12.4. The first-order valence-corrected chi connectivity index (χ1v) is 12.6. The molecule has 1 amide bonds. The molecule has 0 saturated carbocycles. The Morgan fingerprint density at radius 2 is 1.68 bits per heavy atom. The Bertz CT molecular complexity index is 1240. The van der Waals surface area contributed by atoms with Gasteiger partial charge in [-0.25, -0.2) is 14.8 Å². The first-order valence-electron chi connectivity index (χ1n) is 11.8. The quantitative estimate of drug-likeness (QED) is 0.362. The Kier molecular flexibility index (Phi) is 11.6. The molecular formula is C27H27Cl2N4NaO4. The summed E-state index contributed by atoms with van der Waals surface area (Å²) < 4.78 is 5.52. The maximum atomic E-state index is 12.6. The first-order chi connectivity index (χ1) is 17.9. The molecule has 2 aromatic carbocycles. The molecule has 1 fully saturated rings. The first kappa shape index (κ1) is 30.1. The number of hydrogen-bond donors (Lipinski definition) is 2. The number of carboxylic acid groups (broad SMARTS) is 1. The minimum absolute atomic E-state index is 0. The number of amides is 1. The topological polar surface area (TPSA) is 105 Å². The molecule has 1 unspecified atom stereocenters. The molecule has 1 atom stereocenters. The van der Waals surface area contributed by atoms with Crippen molar-refractivity contribution in [2.45, 2.75) is 31.3 Å². The molecule has 1 aliphatic rings. The Hall–Kier alpha value is -2.46. The summed E-state index contributed by atoms with van der Waals surface area (Å²) >= 11 is 12.1. The summed E-state index contributed by atoms with van der Waals surface area (Å²) in [7, 11) is 0. The second-order valence-electron chi connectivity index (χ2n) is 8.45. The molecule has 8 nitrogen and oxygen atoms in total. The van der Waals surface area contributed by atoms with Crippen molar-refractivity contribution in [3.63, 3.8) is 0 Å². The van der Waals surface area contributed by atoms with Gasteiger partial charge in [0.05, 0.1) is 15.6 Å². The Balaban J connectivity index is 0.00000400. The van der Waals surface area contributed by atoms with Crippen LogP contribution in [0.1, 0.15) is 35.2 Å². The summed E-state index contributed by atoms with van der Waals surface area (Å²) in [5.74, 6) is -1.17. The van der Waals surface area contributed by atoms with E-state index in [0.717, 1.165) is 24.1 Å². The van der Waals surface area contributed by atoms with E-state index < -0.39 is 17.9 Å². The molecule has 194 valence electrons. The normalized spacial score (nSPS) is 14.5. The van der Waals surface area contributed by atoms with Gasteiger partial charge in [-0.15, -0.1) is 0 Å². The number of aliphatic carboxylic acids is 1. The zero-order valence-corrected chi connectivity index (χ0v) is 21.4. The van der Waals surface area contributed by atoms with Gasteiger partial charge in [-0.2, -0.15) is 0 Å². The fourth-order valence-electron chi connectivity index (χ4n) is 4.10. The number of anilines is 2. The summed E-state index contributed by atoms with van der Waals surface area (Å²) in [6.07, 6.45) is 8.80. The molecule has 38 heavy (non-hydrogen) atoms. The Morgan fingerprint density at radius 1 is 1.05 bits per heavy atom. The Labute approximate surface area is 253 Å². The molecular weight excluding hydrogens is 538 g/mol. The van der Waals surface area contributed by atoms with Crippen LogP contribution in [0.5, 0.6) is 0 Å². The molecule has 1 aliphatic heterocycles. The number of hydrogen-bond acceptors (Lipinski definition) is 6. The summed E-state index contributed by atoms with van der Waals surface area (Å²) in [4.78, 5) is 35.4. The van der Waals surface area contributed by atoms with Crippen molar-refractivity contribution in [3.8, 4) is 0 Å². The predicted molar refractivity (Wildman–Crippen MR) is 151 cm³/mol. The molecule has 11 heteroatoms. The van der Waals surface area contributed by atoms with E-state index in [2.05, 4.69) is 20.2 Å². The molecule has 4 rings (SSSR count). The molecule has 0 radical (unpaired) electrons. The van der Waals surface area contributed by atoms with Crippen LogP contribution in [0.4, 0.5) is 11.6 Å². The van der Waals surface area contributed by atoms with E-state index in [1.54, 1.807) is 30.6 Å². The number of halogens is 2. The fourth-order valence-corrected chi connectivity index (χ4v) is 4.67. The maximum absolute atomic E-state index is 12.6. The van der Waals surface area contributed by atoms with E-state index in [1.807, 2.05) is 30.3 Å². The van der Waals surface area contributed by atoms with Crippen LogP contribution >= 0.6 is 23.2 Å². The number of aromatic nitrogens is 2.